The van der Waals surface area contributed by atoms with Crippen molar-refractivity contribution in [2.24, 2.45) is 0 Å². The second kappa shape index (κ2) is 6.26. The summed E-state index contributed by atoms with van der Waals surface area (Å²) >= 11 is 1.43. The number of thiophene rings is 1. The lowest BCUT2D eigenvalue weighted by Gasteiger charge is -2.09. The van der Waals surface area contributed by atoms with E-state index in [4.69, 9.17) is 0 Å². The van der Waals surface area contributed by atoms with Gasteiger partial charge in [-0.1, -0.05) is 37.3 Å². The highest BCUT2D eigenvalue weighted by atomic mass is 32.2. The molecule has 0 amide bonds. The molecule has 19 heavy (non-hydrogen) atoms. The zero-order valence-electron chi connectivity index (χ0n) is 11.0. The number of Topliss-reactive ketones (excluding diaryl/α,β-unsaturated/α-hetero) is 1. The summed E-state index contributed by atoms with van der Waals surface area (Å²) in [6.45, 7) is 3.80. The first-order chi connectivity index (χ1) is 9.13. The standard InChI is InChI=1S/C15H16O2S2/c1-3-12-6-8-13(9-7-12)15(16)11(2)19(17)14-5-4-10-18-14/h4-11H,3H2,1-2H3. The molecule has 0 saturated carbocycles. The van der Waals surface area contributed by atoms with E-state index in [9.17, 15) is 9.00 Å². The fourth-order valence-corrected chi connectivity index (χ4v) is 4.11. The van der Waals surface area contributed by atoms with Gasteiger partial charge in [0.05, 0.1) is 15.0 Å². The first kappa shape index (κ1) is 14.2. The van der Waals surface area contributed by atoms with E-state index in [0.29, 0.717) is 5.56 Å². The Labute approximate surface area is 119 Å². The summed E-state index contributed by atoms with van der Waals surface area (Å²) in [4.78, 5) is 12.3. The Kier molecular flexibility index (Phi) is 4.66. The normalized spacial score (nSPS) is 14.0. The average Bonchev–Trinajstić information content (AvgIpc) is 2.99. The van der Waals surface area contributed by atoms with Gasteiger partial charge in [0.1, 0.15) is 5.25 Å². The van der Waals surface area contributed by atoms with Crippen LogP contribution >= 0.6 is 11.3 Å². The van der Waals surface area contributed by atoms with E-state index in [1.54, 1.807) is 6.92 Å². The van der Waals surface area contributed by atoms with Crippen molar-refractivity contribution in [1.29, 1.82) is 0 Å². The minimum Gasteiger partial charge on any atom is -0.293 e. The van der Waals surface area contributed by atoms with Crippen LogP contribution in [0.4, 0.5) is 0 Å². The van der Waals surface area contributed by atoms with Crippen LogP contribution in [-0.4, -0.2) is 15.2 Å². The Balaban J connectivity index is 2.16. The van der Waals surface area contributed by atoms with Gasteiger partial charge in [-0.05, 0) is 30.4 Å². The van der Waals surface area contributed by atoms with Crippen molar-refractivity contribution in [2.45, 2.75) is 29.7 Å². The molecule has 2 unspecified atom stereocenters. The number of hydrogen-bond donors (Lipinski definition) is 0. The zero-order chi connectivity index (χ0) is 13.8. The van der Waals surface area contributed by atoms with E-state index in [2.05, 4.69) is 6.92 Å². The highest BCUT2D eigenvalue weighted by molar-refractivity contribution is 7.88. The van der Waals surface area contributed by atoms with Gasteiger partial charge in [-0.2, -0.15) is 0 Å². The van der Waals surface area contributed by atoms with Crippen LogP contribution in [0.15, 0.2) is 46.0 Å². The number of hydrogen-bond acceptors (Lipinski definition) is 3. The number of benzene rings is 1. The fraction of sp³-hybridized carbons (Fsp3) is 0.267. The van der Waals surface area contributed by atoms with Crippen LogP contribution in [0.5, 0.6) is 0 Å². The molecule has 0 N–H and O–H groups in total. The first-order valence-electron chi connectivity index (χ1n) is 6.20. The average molecular weight is 292 g/mol. The monoisotopic (exact) mass is 292 g/mol. The number of ketones is 1. The van der Waals surface area contributed by atoms with Crippen molar-refractivity contribution in [2.75, 3.05) is 0 Å². The van der Waals surface area contributed by atoms with Gasteiger partial charge in [0.15, 0.2) is 5.78 Å². The summed E-state index contributed by atoms with van der Waals surface area (Å²) in [5.41, 5.74) is 1.83. The van der Waals surface area contributed by atoms with Gasteiger partial charge in [-0.3, -0.25) is 9.00 Å². The highest BCUT2D eigenvalue weighted by Gasteiger charge is 2.23. The molecule has 0 aliphatic rings. The Hall–Kier alpha value is -1.26. The van der Waals surface area contributed by atoms with Crippen LogP contribution < -0.4 is 0 Å². The molecule has 100 valence electrons. The zero-order valence-corrected chi connectivity index (χ0v) is 12.6. The lowest BCUT2D eigenvalue weighted by Crippen LogP contribution is -2.22. The van der Waals surface area contributed by atoms with Gasteiger partial charge in [-0.15, -0.1) is 11.3 Å². The molecule has 0 bridgehead atoms. The number of carbonyl (C=O) groups is 1. The van der Waals surface area contributed by atoms with Gasteiger partial charge in [0.25, 0.3) is 0 Å². The van der Waals surface area contributed by atoms with Crippen molar-refractivity contribution in [1.82, 2.24) is 0 Å². The lowest BCUT2D eigenvalue weighted by atomic mass is 10.1. The van der Waals surface area contributed by atoms with E-state index in [-0.39, 0.29) is 5.78 Å². The molecule has 1 aromatic carbocycles. The largest absolute Gasteiger partial charge is 0.293 e. The molecule has 4 heteroatoms. The molecule has 0 aliphatic carbocycles. The van der Waals surface area contributed by atoms with Crippen LogP contribution in [0.2, 0.25) is 0 Å². The fourth-order valence-electron chi connectivity index (χ4n) is 1.79. The molecule has 0 fully saturated rings. The minimum atomic E-state index is -1.27. The first-order valence-corrected chi connectivity index (χ1v) is 8.30. The van der Waals surface area contributed by atoms with E-state index >= 15 is 0 Å². The predicted molar refractivity (Wildman–Crippen MR) is 80.3 cm³/mol. The number of carbonyl (C=O) groups excluding carboxylic acids is 1. The smallest absolute Gasteiger partial charge is 0.178 e. The van der Waals surface area contributed by atoms with Gasteiger partial charge in [0, 0.05) is 5.56 Å². The molecule has 2 rings (SSSR count). The van der Waals surface area contributed by atoms with E-state index in [1.807, 2.05) is 41.8 Å². The molecular weight excluding hydrogens is 276 g/mol. The van der Waals surface area contributed by atoms with Crippen molar-refractivity contribution in [3.8, 4) is 0 Å². The second-order valence-electron chi connectivity index (χ2n) is 4.29. The molecule has 0 aliphatic heterocycles. The molecule has 2 aromatic rings. The van der Waals surface area contributed by atoms with Crippen molar-refractivity contribution in [3.05, 3.63) is 52.9 Å². The molecule has 1 heterocycles. The quantitative estimate of drug-likeness (QED) is 0.788. The SMILES string of the molecule is CCc1ccc(C(=O)C(C)S(=O)c2cccs2)cc1. The topological polar surface area (TPSA) is 34.1 Å². The number of rotatable bonds is 5. The van der Waals surface area contributed by atoms with Crippen LogP contribution in [-0.2, 0) is 17.2 Å². The summed E-state index contributed by atoms with van der Waals surface area (Å²) in [7, 11) is -1.27. The molecule has 1 aromatic heterocycles. The van der Waals surface area contributed by atoms with Crippen LogP contribution in [0.1, 0.15) is 29.8 Å². The second-order valence-corrected chi connectivity index (χ2v) is 7.23. The molecule has 2 nitrogen and oxygen atoms in total. The molecule has 2 atom stereocenters. The third kappa shape index (κ3) is 3.19. The lowest BCUT2D eigenvalue weighted by molar-refractivity contribution is 0.0992. The van der Waals surface area contributed by atoms with Crippen molar-refractivity contribution >= 4 is 27.9 Å². The summed E-state index contributed by atoms with van der Waals surface area (Å²) < 4.78 is 13.0. The van der Waals surface area contributed by atoms with Gasteiger partial charge in [0.2, 0.25) is 0 Å². The molecule has 0 spiro atoms. The van der Waals surface area contributed by atoms with E-state index < -0.39 is 16.0 Å². The van der Waals surface area contributed by atoms with Gasteiger partial charge < -0.3 is 0 Å². The summed E-state index contributed by atoms with van der Waals surface area (Å²) in [5, 5.41) is 1.37. The number of aryl methyl sites for hydroxylation is 1. The third-order valence-corrected chi connectivity index (χ3v) is 5.86. The van der Waals surface area contributed by atoms with Gasteiger partial charge in [-0.25, -0.2) is 0 Å². The third-order valence-electron chi connectivity index (χ3n) is 3.03. The Morgan fingerprint density at radius 2 is 1.95 bits per heavy atom. The maximum atomic E-state index is 12.3. The van der Waals surface area contributed by atoms with Crippen LogP contribution in [0.25, 0.3) is 0 Å². The Bertz CT molecular complexity index is 571. The van der Waals surface area contributed by atoms with Crippen molar-refractivity contribution < 1.29 is 9.00 Å². The Morgan fingerprint density at radius 3 is 2.47 bits per heavy atom. The van der Waals surface area contributed by atoms with Gasteiger partial charge >= 0.3 is 0 Å². The minimum absolute atomic E-state index is 0.0608. The Morgan fingerprint density at radius 1 is 1.26 bits per heavy atom. The molecular formula is C15H16O2S2. The molecule has 0 saturated heterocycles. The maximum absolute atomic E-state index is 12.3. The van der Waals surface area contributed by atoms with Crippen LogP contribution in [0.3, 0.4) is 0 Å². The maximum Gasteiger partial charge on any atom is 0.178 e. The van der Waals surface area contributed by atoms with E-state index in [0.717, 1.165) is 10.6 Å². The molecule has 0 radical (unpaired) electrons. The summed E-state index contributed by atoms with van der Waals surface area (Å²) in [5.74, 6) is -0.0608. The van der Waals surface area contributed by atoms with E-state index in [1.165, 1.54) is 16.9 Å². The summed E-state index contributed by atoms with van der Waals surface area (Å²) in [6, 6.07) is 11.2. The predicted octanol–water partition coefficient (Wildman–Crippen LogP) is 3.69. The van der Waals surface area contributed by atoms with Crippen molar-refractivity contribution in [3.63, 3.8) is 0 Å². The summed E-state index contributed by atoms with van der Waals surface area (Å²) in [6.07, 6.45) is 0.950. The van der Waals surface area contributed by atoms with Crippen LogP contribution in [0, 0.1) is 0 Å². The highest BCUT2D eigenvalue weighted by Crippen LogP contribution is 2.20.